The van der Waals surface area contributed by atoms with Crippen LogP contribution in [0.2, 0.25) is 0 Å². The zero-order valence-corrected chi connectivity index (χ0v) is 14.7. The molecule has 2 aromatic carbocycles. The summed E-state index contributed by atoms with van der Waals surface area (Å²) in [6, 6.07) is 13.0. The van der Waals surface area contributed by atoms with Gasteiger partial charge in [-0.05, 0) is 42.8 Å². The van der Waals surface area contributed by atoms with E-state index in [2.05, 4.69) is 16.0 Å². The standard InChI is InChI=1S/C19H23N3O3/c1-13-7-8-18(25-3)17(11-13)22-19(24)9-10-20-15-5-4-6-16(12-15)21-14(2)23/h4-8,11-12,20H,9-10H2,1-3H3,(H,21,23)(H,22,24). The van der Waals surface area contributed by atoms with E-state index in [4.69, 9.17) is 4.74 Å². The second-order valence-electron chi connectivity index (χ2n) is 5.69. The highest BCUT2D eigenvalue weighted by Crippen LogP contribution is 2.25. The van der Waals surface area contributed by atoms with Crippen LogP contribution in [0.4, 0.5) is 17.1 Å². The predicted octanol–water partition coefficient (Wildman–Crippen LogP) is 3.40. The van der Waals surface area contributed by atoms with Crippen LogP contribution in [0.3, 0.4) is 0 Å². The number of benzene rings is 2. The summed E-state index contributed by atoms with van der Waals surface area (Å²) in [5.41, 5.74) is 3.27. The monoisotopic (exact) mass is 341 g/mol. The van der Waals surface area contributed by atoms with E-state index in [0.29, 0.717) is 30.1 Å². The molecule has 0 spiro atoms. The van der Waals surface area contributed by atoms with Gasteiger partial charge in [0.25, 0.3) is 0 Å². The highest BCUT2D eigenvalue weighted by Gasteiger charge is 2.08. The van der Waals surface area contributed by atoms with Crippen LogP contribution < -0.4 is 20.7 Å². The highest BCUT2D eigenvalue weighted by atomic mass is 16.5. The van der Waals surface area contributed by atoms with Crippen LogP contribution in [0.25, 0.3) is 0 Å². The van der Waals surface area contributed by atoms with Crippen LogP contribution in [0.5, 0.6) is 5.75 Å². The lowest BCUT2D eigenvalue weighted by molar-refractivity contribution is -0.116. The molecule has 0 fully saturated rings. The second kappa shape index (κ2) is 8.73. The Morgan fingerprint density at radius 2 is 1.80 bits per heavy atom. The first kappa shape index (κ1) is 18.3. The smallest absolute Gasteiger partial charge is 0.226 e. The second-order valence-corrected chi connectivity index (χ2v) is 5.69. The molecule has 2 rings (SSSR count). The molecule has 132 valence electrons. The van der Waals surface area contributed by atoms with Crippen molar-refractivity contribution in [3.05, 3.63) is 48.0 Å². The largest absolute Gasteiger partial charge is 0.495 e. The molecule has 2 amide bonds. The van der Waals surface area contributed by atoms with Crippen LogP contribution in [0.15, 0.2) is 42.5 Å². The number of aryl methyl sites for hydroxylation is 1. The number of anilines is 3. The maximum atomic E-state index is 12.1. The van der Waals surface area contributed by atoms with Crippen LogP contribution in [-0.4, -0.2) is 25.5 Å². The summed E-state index contributed by atoms with van der Waals surface area (Å²) >= 11 is 0. The van der Waals surface area contributed by atoms with Crippen molar-refractivity contribution >= 4 is 28.9 Å². The van der Waals surface area contributed by atoms with E-state index in [9.17, 15) is 9.59 Å². The molecule has 0 aliphatic heterocycles. The van der Waals surface area contributed by atoms with E-state index in [0.717, 1.165) is 11.3 Å². The van der Waals surface area contributed by atoms with Gasteiger partial charge in [-0.1, -0.05) is 12.1 Å². The van der Waals surface area contributed by atoms with Crippen molar-refractivity contribution in [2.75, 3.05) is 29.6 Å². The molecule has 0 aromatic heterocycles. The normalized spacial score (nSPS) is 10.0. The molecule has 0 aliphatic rings. The Labute approximate surface area is 147 Å². The Balaban J connectivity index is 1.87. The molecule has 25 heavy (non-hydrogen) atoms. The molecule has 0 aliphatic carbocycles. The van der Waals surface area contributed by atoms with Crippen LogP contribution in [0, 0.1) is 6.92 Å². The summed E-state index contributed by atoms with van der Waals surface area (Å²) in [4.78, 5) is 23.2. The van der Waals surface area contributed by atoms with Gasteiger partial charge in [0.1, 0.15) is 5.75 Å². The summed E-state index contributed by atoms with van der Waals surface area (Å²) < 4.78 is 5.25. The maximum absolute atomic E-state index is 12.1. The van der Waals surface area contributed by atoms with Crippen LogP contribution in [-0.2, 0) is 9.59 Å². The van der Waals surface area contributed by atoms with Gasteiger partial charge in [0.15, 0.2) is 0 Å². The number of amides is 2. The van der Waals surface area contributed by atoms with Gasteiger partial charge in [-0.3, -0.25) is 9.59 Å². The molecule has 2 aromatic rings. The van der Waals surface area contributed by atoms with Crippen LogP contribution in [0.1, 0.15) is 18.9 Å². The Morgan fingerprint density at radius 3 is 2.52 bits per heavy atom. The maximum Gasteiger partial charge on any atom is 0.226 e. The number of hydrogen-bond acceptors (Lipinski definition) is 4. The molecule has 0 heterocycles. The SMILES string of the molecule is COc1ccc(C)cc1NC(=O)CCNc1cccc(NC(C)=O)c1. The Hall–Kier alpha value is -3.02. The summed E-state index contributed by atoms with van der Waals surface area (Å²) in [6.07, 6.45) is 0.307. The molecule has 0 saturated carbocycles. The molecule has 0 bridgehead atoms. The summed E-state index contributed by atoms with van der Waals surface area (Å²) in [5.74, 6) is 0.410. The third-order valence-corrected chi connectivity index (χ3v) is 3.49. The number of ether oxygens (including phenoxy) is 1. The van der Waals surface area contributed by atoms with Crippen LogP contribution >= 0.6 is 0 Å². The lowest BCUT2D eigenvalue weighted by Gasteiger charge is -2.12. The highest BCUT2D eigenvalue weighted by molar-refractivity contribution is 5.92. The van der Waals surface area contributed by atoms with Gasteiger partial charge in [-0.25, -0.2) is 0 Å². The molecule has 0 atom stereocenters. The van der Waals surface area contributed by atoms with Gasteiger partial charge < -0.3 is 20.7 Å². The zero-order chi connectivity index (χ0) is 18.2. The van der Waals surface area contributed by atoms with Gasteiger partial charge >= 0.3 is 0 Å². The number of rotatable bonds is 7. The Morgan fingerprint density at radius 1 is 1.04 bits per heavy atom. The van der Waals surface area contributed by atoms with E-state index in [-0.39, 0.29) is 11.8 Å². The van der Waals surface area contributed by atoms with E-state index in [1.165, 1.54) is 6.92 Å². The molecule has 0 saturated heterocycles. The first-order valence-corrected chi connectivity index (χ1v) is 8.04. The fraction of sp³-hybridized carbons (Fsp3) is 0.263. The van der Waals surface area contributed by atoms with Gasteiger partial charge in [-0.15, -0.1) is 0 Å². The summed E-state index contributed by atoms with van der Waals surface area (Å²) in [5, 5.41) is 8.76. The Kier molecular flexibility index (Phi) is 6.39. The van der Waals surface area contributed by atoms with Crippen molar-refractivity contribution in [1.29, 1.82) is 0 Å². The fourth-order valence-corrected chi connectivity index (χ4v) is 2.36. The minimum atomic E-state index is -0.122. The third kappa shape index (κ3) is 5.84. The van der Waals surface area contributed by atoms with E-state index >= 15 is 0 Å². The minimum Gasteiger partial charge on any atom is -0.495 e. The molecule has 0 radical (unpaired) electrons. The van der Waals surface area contributed by atoms with Crippen molar-refractivity contribution < 1.29 is 14.3 Å². The lowest BCUT2D eigenvalue weighted by Crippen LogP contribution is -2.17. The number of hydrogen-bond donors (Lipinski definition) is 3. The molecule has 6 heteroatoms. The average molecular weight is 341 g/mol. The third-order valence-electron chi connectivity index (χ3n) is 3.49. The van der Waals surface area contributed by atoms with Crippen molar-refractivity contribution in [3.8, 4) is 5.75 Å². The summed E-state index contributed by atoms with van der Waals surface area (Å²) in [7, 11) is 1.57. The van der Waals surface area contributed by atoms with Gasteiger partial charge in [0, 0.05) is 31.3 Å². The molecular formula is C19H23N3O3. The number of nitrogens with one attached hydrogen (secondary N) is 3. The number of methoxy groups -OCH3 is 1. The van der Waals surface area contributed by atoms with E-state index in [1.807, 2.05) is 49.4 Å². The quantitative estimate of drug-likeness (QED) is 0.721. The van der Waals surface area contributed by atoms with Gasteiger partial charge in [0.2, 0.25) is 11.8 Å². The van der Waals surface area contributed by atoms with E-state index in [1.54, 1.807) is 7.11 Å². The Bertz CT molecular complexity index is 759. The topological polar surface area (TPSA) is 79.5 Å². The van der Waals surface area contributed by atoms with Crippen molar-refractivity contribution in [3.63, 3.8) is 0 Å². The number of carbonyl (C=O) groups is 2. The molecule has 3 N–H and O–H groups in total. The number of carbonyl (C=O) groups excluding carboxylic acids is 2. The summed E-state index contributed by atoms with van der Waals surface area (Å²) in [6.45, 7) is 3.90. The average Bonchev–Trinajstić information content (AvgIpc) is 2.55. The van der Waals surface area contributed by atoms with Gasteiger partial charge in [0.05, 0.1) is 12.8 Å². The fourth-order valence-electron chi connectivity index (χ4n) is 2.36. The first-order chi connectivity index (χ1) is 12.0. The minimum absolute atomic E-state index is 0.102. The predicted molar refractivity (Wildman–Crippen MR) is 100 cm³/mol. The molecule has 6 nitrogen and oxygen atoms in total. The van der Waals surface area contributed by atoms with E-state index < -0.39 is 0 Å². The lowest BCUT2D eigenvalue weighted by atomic mass is 10.2. The molecular weight excluding hydrogens is 318 g/mol. The van der Waals surface area contributed by atoms with Gasteiger partial charge in [-0.2, -0.15) is 0 Å². The van der Waals surface area contributed by atoms with Crippen molar-refractivity contribution in [2.24, 2.45) is 0 Å². The zero-order valence-electron chi connectivity index (χ0n) is 14.7. The first-order valence-electron chi connectivity index (χ1n) is 8.04. The van der Waals surface area contributed by atoms with Crippen molar-refractivity contribution in [2.45, 2.75) is 20.3 Å². The van der Waals surface area contributed by atoms with Crippen molar-refractivity contribution in [1.82, 2.24) is 0 Å². The molecule has 0 unspecified atom stereocenters.